The molecule has 1 aromatic heterocycles. The maximum absolute atomic E-state index is 12.9. The third-order valence-corrected chi connectivity index (χ3v) is 7.36. The second kappa shape index (κ2) is 9.49. The Balaban J connectivity index is 1.50. The lowest BCUT2D eigenvalue weighted by atomic mass is 10.2. The molecule has 2 saturated heterocycles. The van der Waals surface area contributed by atoms with E-state index in [0.29, 0.717) is 32.1 Å². The molecule has 4 rings (SSSR count). The minimum Gasteiger partial charge on any atom is -0.379 e. The van der Waals surface area contributed by atoms with Gasteiger partial charge in [-0.25, -0.2) is 13.4 Å². The summed E-state index contributed by atoms with van der Waals surface area (Å²) in [5, 5.41) is 2.89. The van der Waals surface area contributed by atoms with Crippen molar-refractivity contribution in [1.29, 1.82) is 0 Å². The Labute approximate surface area is 186 Å². The van der Waals surface area contributed by atoms with Crippen molar-refractivity contribution < 1.29 is 22.7 Å². The van der Waals surface area contributed by atoms with Crippen LogP contribution in [0.3, 0.4) is 0 Å². The average molecular weight is 467 g/mol. The summed E-state index contributed by atoms with van der Waals surface area (Å²) in [5.41, 5.74) is 0.563. The van der Waals surface area contributed by atoms with E-state index < -0.39 is 15.9 Å². The van der Waals surface area contributed by atoms with Crippen LogP contribution >= 0.6 is 11.6 Å². The minimum atomic E-state index is -3.74. The fraction of sp³-hybridized carbons (Fsp3) is 0.400. The number of nitrogens with one attached hydrogen (secondary N) is 1. The van der Waals surface area contributed by atoms with E-state index >= 15 is 0 Å². The fourth-order valence-electron chi connectivity index (χ4n) is 3.41. The van der Waals surface area contributed by atoms with Crippen molar-refractivity contribution in [2.24, 2.45) is 0 Å². The average Bonchev–Trinajstić information content (AvgIpc) is 2.81. The molecule has 0 bridgehead atoms. The van der Waals surface area contributed by atoms with E-state index in [1.54, 1.807) is 12.3 Å². The molecule has 3 heterocycles. The van der Waals surface area contributed by atoms with Gasteiger partial charge in [0, 0.05) is 26.2 Å². The Bertz CT molecular complexity index is 1040. The molecule has 0 atom stereocenters. The third-order valence-electron chi connectivity index (χ3n) is 5.13. The zero-order valence-electron chi connectivity index (χ0n) is 16.8. The maximum Gasteiger partial charge on any atom is 0.257 e. The lowest BCUT2D eigenvalue weighted by molar-refractivity contribution is 0.0730. The molecule has 9 nitrogen and oxygen atoms in total. The van der Waals surface area contributed by atoms with Crippen LogP contribution in [-0.4, -0.2) is 76.2 Å². The molecule has 11 heteroatoms. The number of amides is 1. The molecule has 2 fully saturated rings. The number of carbonyl (C=O) groups excluding carboxylic acids is 1. The molecule has 1 N–H and O–H groups in total. The van der Waals surface area contributed by atoms with Crippen LogP contribution in [0.15, 0.2) is 41.4 Å². The van der Waals surface area contributed by atoms with Gasteiger partial charge in [0.1, 0.15) is 5.82 Å². The van der Waals surface area contributed by atoms with Crippen LogP contribution in [0.2, 0.25) is 5.02 Å². The summed E-state index contributed by atoms with van der Waals surface area (Å²) in [4.78, 5) is 19.3. The Morgan fingerprint density at radius 3 is 2.32 bits per heavy atom. The number of halogens is 1. The molecule has 1 aromatic carbocycles. The fourth-order valence-corrected chi connectivity index (χ4v) is 5.05. The summed E-state index contributed by atoms with van der Waals surface area (Å²) in [5.74, 6) is 0.294. The Morgan fingerprint density at radius 2 is 1.68 bits per heavy atom. The molecule has 2 aliphatic rings. The highest BCUT2D eigenvalue weighted by Crippen LogP contribution is 2.25. The molecule has 0 saturated carbocycles. The molecule has 1 amide bonds. The number of pyridine rings is 1. The summed E-state index contributed by atoms with van der Waals surface area (Å²) >= 11 is 6.20. The van der Waals surface area contributed by atoms with Crippen molar-refractivity contribution in [1.82, 2.24) is 9.29 Å². The number of ether oxygens (including phenoxy) is 2. The van der Waals surface area contributed by atoms with E-state index in [-0.39, 0.29) is 28.6 Å². The Kier molecular flexibility index (Phi) is 6.73. The second-order valence-electron chi connectivity index (χ2n) is 7.12. The predicted octanol–water partition coefficient (Wildman–Crippen LogP) is 1.84. The molecule has 166 valence electrons. The highest BCUT2D eigenvalue weighted by Gasteiger charge is 2.27. The molecule has 0 spiro atoms. The highest BCUT2D eigenvalue weighted by atomic mass is 35.5. The number of sulfonamides is 1. The van der Waals surface area contributed by atoms with Gasteiger partial charge >= 0.3 is 0 Å². The topological polar surface area (TPSA) is 101 Å². The summed E-state index contributed by atoms with van der Waals surface area (Å²) < 4.78 is 37.7. The largest absolute Gasteiger partial charge is 0.379 e. The molecule has 31 heavy (non-hydrogen) atoms. The quantitative estimate of drug-likeness (QED) is 0.717. The number of nitrogens with zero attached hydrogens (tertiary/aromatic N) is 3. The van der Waals surface area contributed by atoms with E-state index in [0.717, 1.165) is 18.9 Å². The zero-order valence-corrected chi connectivity index (χ0v) is 18.4. The standard InChI is InChI=1S/C20H23ClN4O5S/c21-18-3-2-16(31(27,28)25-7-11-30-12-8-25)13-17(18)20(26)23-15-1-4-19(22-14-15)24-5-9-29-10-6-24/h1-4,13-14H,5-12H2,(H,23,26). The van der Waals surface area contributed by atoms with Gasteiger partial charge in [-0.05, 0) is 30.3 Å². The van der Waals surface area contributed by atoms with Gasteiger partial charge in [-0.3, -0.25) is 4.79 Å². The van der Waals surface area contributed by atoms with Gasteiger partial charge < -0.3 is 19.7 Å². The number of hydrogen-bond acceptors (Lipinski definition) is 7. The van der Waals surface area contributed by atoms with E-state index in [1.807, 2.05) is 6.07 Å². The van der Waals surface area contributed by atoms with Crippen molar-refractivity contribution in [2.75, 3.05) is 62.8 Å². The Hall–Kier alpha value is -2.24. The van der Waals surface area contributed by atoms with Gasteiger partial charge in [0.25, 0.3) is 5.91 Å². The van der Waals surface area contributed by atoms with Gasteiger partial charge in [0.05, 0.1) is 53.8 Å². The van der Waals surface area contributed by atoms with Crippen LogP contribution in [0.25, 0.3) is 0 Å². The van der Waals surface area contributed by atoms with Crippen molar-refractivity contribution in [2.45, 2.75) is 4.90 Å². The first-order chi connectivity index (χ1) is 14.9. The van der Waals surface area contributed by atoms with Crippen molar-refractivity contribution in [3.63, 3.8) is 0 Å². The number of hydrogen-bond donors (Lipinski definition) is 1. The molecule has 2 aliphatic heterocycles. The Morgan fingerprint density at radius 1 is 1.00 bits per heavy atom. The normalized spacial score (nSPS) is 18.0. The summed E-state index contributed by atoms with van der Waals surface area (Å²) in [7, 11) is -3.74. The van der Waals surface area contributed by atoms with E-state index in [2.05, 4.69) is 15.2 Å². The van der Waals surface area contributed by atoms with E-state index in [9.17, 15) is 13.2 Å². The molecular formula is C20H23ClN4O5S. The number of anilines is 2. The van der Waals surface area contributed by atoms with Crippen LogP contribution in [-0.2, 0) is 19.5 Å². The number of rotatable bonds is 5. The summed E-state index contributed by atoms with van der Waals surface area (Å²) in [6, 6.07) is 7.70. The SMILES string of the molecule is O=C(Nc1ccc(N2CCOCC2)nc1)c1cc(S(=O)(=O)N2CCOCC2)ccc1Cl. The van der Waals surface area contributed by atoms with Crippen LogP contribution in [0, 0.1) is 0 Å². The third kappa shape index (κ3) is 4.99. The molecule has 0 radical (unpaired) electrons. The monoisotopic (exact) mass is 466 g/mol. The number of aromatic nitrogens is 1. The lowest BCUT2D eigenvalue weighted by Crippen LogP contribution is -2.40. The number of benzene rings is 1. The lowest BCUT2D eigenvalue weighted by Gasteiger charge is -2.27. The van der Waals surface area contributed by atoms with Gasteiger partial charge in [0.2, 0.25) is 10.0 Å². The summed E-state index contributed by atoms with van der Waals surface area (Å²) in [6.45, 7) is 4.06. The van der Waals surface area contributed by atoms with Crippen molar-refractivity contribution in [3.8, 4) is 0 Å². The van der Waals surface area contributed by atoms with Gasteiger partial charge in [-0.2, -0.15) is 4.31 Å². The zero-order chi connectivity index (χ0) is 21.8. The highest BCUT2D eigenvalue weighted by molar-refractivity contribution is 7.89. The van der Waals surface area contributed by atoms with E-state index in [1.165, 1.54) is 22.5 Å². The first kappa shape index (κ1) is 22.0. The van der Waals surface area contributed by atoms with Gasteiger partial charge in [-0.15, -0.1) is 0 Å². The molecule has 0 aliphatic carbocycles. The molecule has 0 unspecified atom stereocenters. The van der Waals surface area contributed by atoms with Crippen molar-refractivity contribution in [3.05, 3.63) is 47.1 Å². The van der Waals surface area contributed by atoms with Gasteiger partial charge in [0.15, 0.2) is 0 Å². The van der Waals surface area contributed by atoms with Crippen LogP contribution < -0.4 is 10.2 Å². The van der Waals surface area contributed by atoms with Crippen LogP contribution in [0.1, 0.15) is 10.4 Å². The first-order valence-electron chi connectivity index (χ1n) is 9.93. The first-order valence-corrected chi connectivity index (χ1v) is 11.7. The van der Waals surface area contributed by atoms with Crippen molar-refractivity contribution >= 4 is 39.0 Å². The number of carbonyl (C=O) groups is 1. The van der Waals surface area contributed by atoms with E-state index in [4.69, 9.17) is 21.1 Å². The smallest absolute Gasteiger partial charge is 0.257 e. The maximum atomic E-state index is 12.9. The second-order valence-corrected chi connectivity index (χ2v) is 9.46. The van der Waals surface area contributed by atoms with Crippen LogP contribution in [0.5, 0.6) is 0 Å². The molecule has 2 aromatic rings. The van der Waals surface area contributed by atoms with Crippen LogP contribution in [0.4, 0.5) is 11.5 Å². The molecular weight excluding hydrogens is 444 g/mol. The summed E-state index contributed by atoms with van der Waals surface area (Å²) in [6.07, 6.45) is 1.56. The minimum absolute atomic E-state index is 0.0183. The predicted molar refractivity (Wildman–Crippen MR) is 116 cm³/mol. The van der Waals surface area contributed by atoms with Gasteiger partial charge in [-0.1, -0.05) is 11.6 Å². The number of morpholine rings is 2.